The van der Waals surface area contributed by atoms with Gasteiger partial charge in [0.25, 0.3) is 15.7 Å². The van der Waals surface area contributed by atoms with Gasteiger partial charge in [0.2, 0.25) is 0 Å². The predicted molar refractivity (Wildman–Crippen MR) is 113 cm³/mol. The molecule has 156 valence electrons. The molecule has 0 amide bonds. The third-order valence-electron chi connectivity index (χ3n) is 4.80. The zero-order valence-electron chi connectivity index (χ0n) is 15.9. The minimum absolute atomic E-state index is 0.163. The molecule has 1 aromatic heterocycles. The first kappa shape index (κ1) is 19.9. The van der Waals surface area contributed by atoms with Crippen molar-refractivity contribution in [2.45, 2.75) is 4.90 Å². The van der Waals surface area contributed by atoms with Crippen molar-refractivity contribution in [3.63, 3.8) is 0 Å². The lowest BCUT2D eigenvalue weighted by molar-refractivity contribution is -0.384. The van der Waals surface area contributed by atoms with E-state index in [0.717, 1.165) is 11.8 Å². The summed E-state index contributed by atoms with van der Waals surface area (Å²) in [6.45, 7) is 2.67. The Hall–Kier alpha value is -3.44. The molecule has 2 heterocycles. The van der Waals surface area contributed by atoms with Gasteiger partial charge in [0.05, 0.1) is 15.5 Å². The monoisotopic (exact) mass is 428 g/mol. The molecule has 0 bridgehead atoms. The first-order chi connectivity index (χ1) is 14.4. The van der Waals surface area contributed by atoms with Crippen molar-refractivity contribution in [3.8, 4) is 5.69 Å². The van der Waals surface area contributed by atoms with Gasteiger partial charge in [0, 0.05) is 50.3 Å². The van der Waals surface area contributed by atoms with Crippen LogP contribution in [-0.2, 0) is 10.0 Å². The first-order valence-corrected chi connectivity index (χ1v) is 10.8. The summed E-state index contributed by atoms with van der Waals surface area (Å²) in [5.74, 6) is 0. The highest BCUT2D eigenvalue weighted by Gasteiger charge is 2.25. The number of rotatable bonds is 6. The zero-order chi connectivity index (χ0) is 21.1. The minimum Gasteiger partial charge on any atom is -0.363 e. The molecule has 1 saturated heterocycles. The summed E-state index contributed by atoms with van der Waals surface area (Å²) < 4.78 is 29.7. The van der Waals surface area contributed by atoms with Gasteiger partial charge in [0.15, 0.2) is 0 Å². The molecule has 0 aliphatic carbocycles. The molecule has 2 N–H and O–H groups in total. The number of nitrogens with zero attached hydrogens (tertiary/aromatic N) is 4. The molecule has 10 nitrogen and oxygen atoms in total. The van der Waals surface area contributed by atoms with Gasteiger partial charge >= 0.3 is 0 Å². The fraction of sp³-hybridized carbons (Fsp3) is 0.211. The van der Waals surface area contributed by atoms with E-state index >= 15 is 0 Å². The van der Waals surface area contributed by atoms with Crippen molar-refractivity contribution in [1.29, 1.82) is 0 Å². The SMILES string of the molecule is O=[N+]([O-])c1cc(S(=O)(=O)Nc2ccc(-n3cccn3)cc2)ccc1N1CCNCC1. The van der Waals surface area contributed by atoms with E-state index in [1.807, 2.05) is 4.90 Å². The van der Waals surface area contributed by atoms with Crippen LogP contribution in [-0.4, -0.2) is 49.3 Å². The summed E-state index contributed by atoms with van der Waals surface area (Å²) >= 11 is 0. The molecule has 4 rings (SSSR count). The summed E-state index contributed by atoms with van der Waals surface area (Å²) in [7, 11) is -3.99. The highest BCUT2D eigenvalue weighted by molar-refractivity contribution is 7.92. The number of nitro groups is 1. The summed E-state index contributed by atoms with van der Waals surface area (Å²) in [6.07, 6.45) is 3.42. The molecule has 0 radical (unpaired) electrons. The predicted octanol–water partition coefficient (Wildman–Crippen LogP) is 1.99. The Morgan fingerprint density at radius 3 is 2.47 bits per heavy atom. The highest BCUT2D eigenvalue weighted by atomic mass is 32.2. The average molecular weight is 428 g/mol. The summed E-state index contributed by atoms with van der Waals surface area (Å²) in [5, 5.41) is 18.9. The van der Waals surface area contributed by atoms with Gasteiger partial charge in [-0.3, -0.25) is 14.8 Å². The third kappa shape index (κ3) is 4.11. The van der Waals surface area contributed by atoms with Crippen LogP contribution in [0.4, 0.5) is 17.1 Å². The lowest BCUT2D eigenvalue weighted by Crippen LogP contribution is -2.43. The lowest BCUT2D eigenvalue weighted by Gasteiger charge is -2.29. The van der Waals surface area contributed by atoms with Crippen LogP contribution in [0.25, 0.3) is 5.69 Å². The van der Waals surface area contributed by atoms with E-state index in [0.29, 0.717) is 37.6 Å². The van der Waals surface area contributed by atoms with Gasteiger partial charge < -0.3 is 10.2 Å². The second-order valence-corrected chi connectivity index (χ2v) is 8.43. The first-order valence-electron chi connectivity index (χ1n) is 9.31. The van der Waals surface area contributed by atoms with Crippen molar-refractivity contribution < 1.29 is 13.3 Å². The Morgan fingerprint density at radius 1 is 1.10 bits per heavy atom. The molecule has 0 atom stereocenters. The van der Waals surface area contributed by atoms with Crippen LogP contribution in [0.3, 0.4) is 0 Å². The molecule has 2 aromatic carbocycles. The number of anilines is 2. The smallest absolute Gasteiger partial charge is 0.293 e. The summed E-state index contributed by atoms with van der Waals surface area (Å²) in [6, 6.07) is 12.5. The van der Waals surface area contributed by atoms with Gasteiger partial charge in [-0.2, -0.15) is 5.10 Å². The second-order valence-electron chi connectivity index (χ2n) is 6.75. The van der Waals surface area contributed by atoms with Crippen molar-refractivity contribution >= 4 is 27.1 Å². The quantitative estimate of drug-likeness (QED) is 0.455. The average Bonchev–Trinajstić information content (AvgIpc) is 3.29. The maximum absolute atomic E-state index is 12.8. The van der Waals surface area contributed by atoms with Crippen LogP contribution in [0.15, 0.2) is 65.8 Å². The van der Waals surface area contributed by atoms with Crippen molar-refractivity contribution in [2.75, 3.05) is 35.8 Å². The van der Waals surface area contributed by atoms with E-state index < -0.39 is 14.9 Å². The standard InChI is InChI=1S/C19H20N6O4S/c26-25(27)19-14-17(6-7-18(19)23-12-9-20-10-13-23)30(28,29)22-15-2-4-16(5-3-15)24-11-1-8-21-24/h1-8,11,14,20,22H,9-10,12-13H2. The van der Waals surface area contributed by atoms with Crippen molar-refractivity contribution in [3.05, 3.63) is 71.0 Å². The fourth-order valence-electron chi connectivity index (χ4n) is 3.31. The number of benzene rings is 2. The Balaban J connectivity index is 1.59. The van der Waals surface area contributed by atoms with Crippen LogP contribution < -0.4 is 14.9 Å². The lowest BCUT2D eigenvalue weighted by atomic mass is 10.2. The van der Waals surface area contributed by atoms with Crippen LogP contribution in [0.2, 0.25) is 0 Å². The highest BCUT2D eigenvalue weighted by Crippen LogP contribution is 2.31. The largest absolute Gasteiger partial charge is 0.363 e. The van der Waals surface area contributed by atoms with Crippen LogP contribution in [0, 0.1) is 10.1 Å². The van der Waals surface area contributed by atoms with E-state index in [1.54, 1.807) is 47.4 Å². The maximum Gasteiger partial charge on any atom is 0.293 e. The molecule has 3 aromatic rings. The Labute approximate surface area is 173 Å². The normalized spacial score (nSPS) is 14.5. The number of hydrogen-bond acceptors (Lipinski definition) is 7. The van der Waals surface area contributed by atoms with Gasteiger partial charge in [0.1, 0.15) is 5.69 Å². The Kier molecular flexibility index (Phi) is 5.38. The van der Waals surface area contributed by atoms with Gasteiger partial charge in [-0.25, -0.2) is 13.1 Å². The third-order valence-corrected chi connectivity index (χ3v) is 6.18. The number of nitro benzene ring substituents is 1. The van der Waals surface area contributed by atoms with Gasteiger partial charge in [-0.15, -0.1) is 0 Å². The molecule has 0 saturated carbocycles. The van der Waals surface area contributed by atoms with Crippen molar-refractivity contribution in [2.24, 2.45) is 0 Å². The van der Waals surface area contributed by atoms with E-state index in [4.69, 9.17) is 0 Å². The van der Waals surface area contributed by atoms with E-state index in [2.05, 4.69) is 15.1 Å². The van der Waals surface area contributed by atoms with E-state index in [-0.39, 0.29) is 10.6 Å². The number of nitrogens with one attached hydrogen (secondary N) is 2. The molecule has 0 unspecified atom stereocenters. The molecule has 1 aliphatic heterocycles. The number of piperazine rings is 1. The number of aromatic nitrogens is 2. The van der Waals surface area contributed by atoms with Crippen LogP contribution in [0.5, 0.6) is 0 Å². The summed E-state index contributed by atoms with van der Waals surface area (Å²) in [5.41, 5.74) is 1.32. The van der Waals surface area contributed by atoms with Crippen LogP contribution >= 0.6 is 0 Å². The Bertz CT molecular complexity index is 1140. The molecule has 11 heteroatoms. The molecular weight excluding hydrogens is 408 g/mol. The maximum atomic E-state index is 12.8. The van der Waals surface area contributed by atoms with Crippen molar-refractivity contribution in [1.82, 2.24) is 15.1 Å². The molecule has 1 fully saturated rings. The molecule has 30 heavy (non-hydrogen) atoms. The van der Waals surface area contributed by atoms with E-state index in [9.17, 15) is 18.5 Å². The summed E-state index contributed by atoms with van der Waals surface area (Å²) in [4.78, 5) is 12.8. The van der Waals surface area contributed by atoms with E-state index in [1.165, 1.54) is 12.1 Å². The number of hydrogen-bond donors (Lipinski definition) is 2. The second kappa shape index (κ2) is 8.13. The molecule has 0 spiro atoms. The van der Waals surface area contributed by atoms with Gasteiger partial charge in [-0.05, 0) is 42.5 Å². The topological polar surface area (TPSA) is 122 Å². The fourth-order valence-corrected chi connectivity index (χ4v) is 4.39. The molecule has 1 aliphatic rings. The van der Waals surface area contributed by atoms with Gasteiger partial charge in [-0.1, -0.05) is 0 Å². The number of sulfonamides is 1. The molecular formula is C19H20N6O4S. The zero-order valence-corrected chi connectivity index (χ0v) is 16.7. The van der Waals surface area contributed by atoms with Crippen LogP contribution in [0.1, 0.15) is 0 Å². The Morgan fingerprint density at radius 2 is 1.83 bits per heavy atom. The minimum atomic E-state index is -3.99.